The van der Waals surface area contributed by atoms with Crippen LogP contribution in [0.3, 0.4) is 0 Å². The predicted octanol–water partition coefficient (Wildman–Crippen LogP) is 3.24. The van der Waals surface area contributed by atoms with Crippen molar-refractivity contribution in [2.45, 2.75) is 32.8 Å². The number of rotatable bonds is 7. The van der Waals surface area contributed by atoms with Gasteiger partial charge in [-0.3, -0.25) is 0 Å². The fourth-order valence-corrected chi connectivity index (χ4v) is 1.97. The van der Waals surface area contributed by atoms with Gasteiger partial charge in [-0.05, 0) is 38.0 Å². The molecular formula is C19H26N4O2. The molecule has 134 valence electrons. The molecule has 1 unspecified atom stereocenters. The molecule has 25 heavy (non-hydrogen) atoms. The molecule has 1 aromatic heterocycles. The Kier molecular flexibility index (Phi) is 9.83. The highest BCUT2D eigenvalue weighted by Crippen LogP contribution is 2.18. The lowest BCUT2D eigenvalue weighted by Gasteiger charge is -2.04. The van der Waals surface area contributed by atoms with Crippen LogP contribution in [0.4, 0.5) is 5.95 Å². The first-order valence-electron chi connectivity index (χ1n) is 8.39. The van der Waals surface area contributed by atoms with E-state index in [2.05, 4.69) is 21.4 Å². The van der Waals surface area contributed by atoms with Crippen LogP contribution in [0.5, 0.6) is 0 Å². The summed E-state index contributed by atoms with van der Waals surface area (Å²) in [6.07, 6.45) is 3.12. The second kappa shape index (κ2) is 12.0. The van der Waals surface area contributed by atoms with Crippen molar-refractivity contribution in [3.63, 3.8) is 0 Å². The van der Waals surface area contributed by atoms with Crippen LogP contribution in [0, 0.1) is 11.3 Å². The highest BCUT2D eigenvalue weighted by Gasteiger charge is 2.02. The minimum atomic E-state index is -0.171. The Bertz CT molecular complexity index is 670. The zero-order valence-corrected chi connectivity index (χ0v) is 15.1. The topological polar surface area (TPSA) is 91.1 Å². The quantitative estimate of drug-likeness (QED) is 0.802. The smallest absolute Gasteiger partial charge is 0.223 e. The minimum Gasteiger partial charge on any atom is -0.393 e. The molecule has 0 radical (unpaired) electrons. The van der Waals surface area contributed by atoms with Gasteiger partial charge in [0.1, 0.15) is 0 Å². The Morgan fingerprint density at radius 1 is 1.32 bits per heavy atom. The van der Waals surface area contributed by atoms with Gasteiger partial charge in [0.2, 0.25) is 5.95 Å². The van der Waals surface area contributed by atoms with Gasteiger partial charge in [0.15, 0.2) is 0 Å². The molecule has 0 saturated heterocycles. The van der Waals surface area contributed by atoms with Crippen molar-refractivity contribution in [3.8, 4) is 17.3 Å². The number of nitriles is 1. The summed E-state index contributed by atoms with van der Waals surface area (Å²) in [6.45, 7) is 5.39. The standard InChI is InChI=1S/C13H12N4.C6H14O2/c1-2-15-13-16-7-6-12(17-13)11-5-3-4-10(8-11)9-14;1-3-6(7)4-5-8-2/h3-8H,2H2,1H3,(H,15,16,17);6-7H,3-5H2,1-2H3. The van der Waals surface area contributed by atoms with Crippen LogP contribution in [0.1, 0.15) is 32.3 Å². The van der Waals surface area contributed by atoms with Gasteiger partial charge in [-0.2, -0.15) is 5.26 Å². The SMILES string of the molecule is CCC(O)CCOC.CCNc1nccc(-c2cccc(C#N)c2)n1. The van der Waals surface area contributed by atoms with E-state index >= 15 is 0 Å². The highest BCUT2D eigenvalue weighted by atomic mass is 16.5. The molecule has 2 N–H and O–H groups in total. The first kappa shape index (κ1) is 20.6. The van der Waals surface area contributed by atoms with Crippen molar-refractivity contribution in [2.24, 2.45) is 0 Å². The van der Waals surface area contributed by atoms with E-state index in [1.165, 1.54) is 0 Å². The van der Waals surface area contributed by atoms with E-state index in [9.17, 15) is 0 Å². The zero-order chi connectivity index (χ0) is 18.5. The molecule has 1 atom stereocenters. The Morgan fingerprint density at radius 2 is 2.12 bits per heavy atom. The van der Waals surface area contributed by atoms with Gasteiger partial charge in [0.25, 0.3) is 0 Å². The summed E-state index contributed by atoms with van der Waals surface area (Å²) in [7, 11) is 1.64. The lowest BCUT2D eigenvalue weighted by molar-refractivity contribution is 0.107. The molecule has 2 rings (SSSR count). The normalized spacial score (nSPS) is 11.0. The molecule has 6 nitrogen and oxygen atoms in total. The summed E-state index contributed by atoms with van der Waals surface area (Å²) < 4.78 is 4.75. The fourth-order valence-electron chi connectivity index (χ4n) is 1.97. The van der Waals surface area contributed by atoms with Gasteiger partial charge in [-0.15, -0.1) is 0 Å². The lowest BCUT2D eigenvalue weighted by Crippen LogP contribution is -2.07. The van der Waals surface area contributed by atoms with Crippen LogP contribution in [-0.4, -0.2) is 41.4 Å². The number of hydrogen-bond donors (Lipinski definition) is 2. The number of nitrogens with one attached hydrogen (secondary N) is 1. The monoisotopic (exact) mass is 342 g/mol. The second-order valence-corrected chi connectivity index (χ2v) is 5.33. The van der Waals surface area contributed by atoms with Crippen molar-refractivity contribution in [3.05, 3.63) is 42.1 Å². The van der Waals surface area contributed by atoms with E-state index in [1.54, 1.807) is 19.4 Å². The van der Waals surface area contributed by atoms with Crippen LogP contribution in [0.2, 0.25) is 0 Å². The van der Waals surface area contributed by atoms with E-state index in [1.807, 2.05) is 38.1 Å². The summed E-state index contributed by atoms with van der Waals surface area (Å²) in [5, 5.41) is 20.8. The van der Waals surface area contributed by atoms with Crippen molar-refractivity contribution < 1.29 is 9.84 Å². The molecule has 0 spiro atoms. The Balaban J connectivity index is 0.000000333. The van der Waals surface area contributed by atoms with Crippen LogP contribution in [0.15, 0.2) is 36.5 Å². The van der Waals surface area contributed by atoms with Crippen LogP contribution < -0.4 is 5.32 Å². The number of benzene rings is 1. The van der Waals surface area contributed by atoms with E-state index in [0.717, 1.165) is 30.6 Å². The molecule has 0 aliphatic carbocycles. The van der Waals surface area contributed by atoms with Gasteiger partial charge < -0.3 is 15.2 Å². The second-order valence-electron chi connectivity index (χ2n) is 5.33. The summed E-state index contributed by atoms with van der Waals surface area (Å²) >= 11 is 0. The van der Waals surface area contributed by atoms with E-state index < -0.39 is 0 Å². The third-order valence-electron chi connectivity index (χ3n) is 3.40. The molecule has 0 aliphatic rings. The number of aromatic nitrogens is 2. The summed E-state index contributed by atoms with van der Waals surface area (Å²) in [5.41, 5.74) is 2.37. The van der Waals surface area contributed by atoms with Crippen molar-refractivity contribution in [2.75, 3.05) is 25.6 Å². The Labute approximate surface area is 149 Å². The number of hydrogen-bond acceptors (Lipinski definition) is 6. The molecular weight excluding hydrogens is 316 g/mol. The number of aliphatic hydroxyl groups is 1. The van der Waals surface area contributed by atoms with Gasteiger partial charge in [-0.25, -0.2) is 9.97 Å². The number of ether oxygens (including phenoxy) is 1. The molecule has 1 aromatic carbocycles. The molecule has 0 amide bonds. The molecule has 6 heteroatoms. The van der Waals surface area contributed by atoms with Crippen LogP contribution in [0.25, 0.3) is 11.3 Å². The van der Waals surface area contributed by atoms with Gasteiger partial charge in [0.05, 0.1) is 23.4 Å². The molecule has 0 saturated carbocycles. The number of anilines is 1. The molecule has 0 aliphatic heterocycles. The molecule has 0 fully saturated rings. The van der Waals surface area contributed by atoms with Gasteiger partial charge in [0, 0.05) is 32.0 Å². The maximum atomic E-state index is 8.91. The zero-order valence-electron chi connectivity index (χ0n) is 15.1. The first-order valence-corrected chi connectivity index (χ1v) is 8.39. The number of aliphatic hydroxyl groups excluding tert-OH is 1. The lowest BCUT2D eigenvalue weighted by atomic mass is 10.1. The Hall–Kier alpha value is -2.49. The predicted molar refractivity (Wildman–Crippen MR) is 99.1 cm³/mol. The fraction of sp³-hybridized carbons (Fsp3) is 0.421. The van der Waals surface area contributed by atoms with E-state index in [-0.39, 0.29) is 6.10 Å². The third-order valence-corrected chi connectivity index (χ3v) is 3.40. The van der Waals surface area contributed by atoms with Crippen LogP contribution >= 0.6 is 0 Å². The van der Waals surface area contributed by atoms with Gasteiger partial charge in [-0.1, -0.05) is 19.1 Å². The van der Waals surface area contributed by atoms with Crippen LogP contribution in [-0.2, 0) is 4.74 Å². The molecule has 0 bridgehead atoms. The van der Waals surface area contributed by atoms with Crippen molar-refractivity contribution in [1.29, 1.82) is 5.26 Å². The average molecular weight is 342 g/mol. The first-order chi connectivity index (χ1) is 12.1. The van der Waals surface area contributed by atoms with Crippen molar-refractivity contribution >= 4 is 5.95 Å². The molecule has 1 heterocycles. The largest absolute Gasteiger partial charge is 0.393 e. The Morgan fingerprint density at radius 3 is 2.76 bits per heavy atom. The third kappa shape index (κ3) is 7.75. The number of nitrogens with zero attached hydrogens (tertiary/aromatic N) is 3. The minimum absolute atomic E-state index is 0.171. The average Bonchev–Trinajstić information content (AvgIpc) is 2.67. The maximum Gasteiger partial charge on any atom is 0.223 e. The summed E-state index contributed by atoms with van der Waals surface area (Å²) in [6, 6.07) is 11.3. The summed E-state index contributed by atoms with van der Waals surface area (Å²) in [4.78, 5) is 8.49. The van der Waals surface area contributed by atoms with Gasteiger partial charge >= 0.3 is 0 Å². The van der Waals surface area contributed by atoms with E-state index in [4.69, 9.17) is 15.1 Å². The van der Waals surface area contributed by atoms with Crippen molar-refractivity contribution in [1.82, 2.24) is 9.97 Å². The molecule has 2 aromatic rings. The summed E-state index contributed by atoms with van der Waals surface area (Å²) in [5.74, 6) is 0.604. The highest BCUT2D eigenvalue weighted by molar-refractivity contribution is 5.62. The number of methoxy groups -OCH3 is 1. The maximum absolute atomic E-state index is 8.91. The van der Waals surface area contributed by atoms with E-state index in [0.29, 0.717) is 18.1 Å².